The monoisotopic (exact) mass is 221 g/mol. The van der Waals surface area contributed by atoms with E-state index in [1.165, 1.54) is 0 Å². The van der Waals surface area contributed by atoms with Gasteiger partial charge < -0.3 is 24.6 Å². The first-order valence-corrected chi connectivity index (χ1v) is 4.98. The van der Waals surface area contributed by atoms with Crippen molar-refractivity contribution in [3.05, 3.63) is 0 Å². The quantitative estimate of drug-likeness (QED) is 0.525. The third-order valence-corrected chi connectivity index (χ3v) is 1.39. The van der Waals surface area contributed by atoms with E-state index in [1.807, 2.05) is 6.92 Å². The number of hydrogen-bond acceptors (Lipinski definition) is 5. The van der Waals surface area contributed by atoms with E-state index >= 15 is 0 Å². The van der Waals surface area contributed by atoms with Crippen molar-refractivity contribution in [1.82, 2.24) is 5.32 Å². The first-order chi connectivity index (χ1) is 7.31. The van der Waals surface area contributed by atoms with Crippen LogP contribution in [-0.4, -0.2) is 57.4 Å². The van der Waals surface area contributed by atoms with Crippen LogP contribution in [-0.2, 0) is 14.2 Å². The van der Waals surface area contributed by atoms with Crippen LogP contribution >= 0.6 is 0 Å². The number of carbonyl (C=O) groups excluding carboxylic acids is 1. The van der Waals surface area contributed by atoms with Crippen molar-refractivity contribution in [1.29, 1.82) is 0 Å². The molecule has 0 aromatic rings. The zero-order valence-electron chi connectivity index (χ0n) is 9.03. The molecule has 0 bridgehead atoms. The summed E-state index contributed by atoms with van der Waals surface area (Å²) in [7, 11) is 0. The minimum absolute atomic E-state index is 0.0142. The minimum Gasteiger partial charge on any atom is -0.447 e. The van der Waals surface area contributed by atoms with Crippen molar-refractivity contribution in [2.75, 3.05) is 46.2 Å². The highest BCUT2D eigenvalue weighted by atomic mass is 16.6. The molecule has 0 saturated heterocycles. The summed E-state index contributed by atoms with van der Waals surface area (Å²) in [5.41, 5.74) is 0. The highest BCUT2D eigenvalue weighted by Gasteiger charge is 1.97. The topological polar surface area (TPSA) is 77.0 Å². The van der Waals surface area contributed by atoms with Crippen LogP contribution in [0.2, 0.25) is 0 Å². The standard InChI is InChI=1S/C9H19NO5/c1-2-10-9(12)15-8-7-14-6-5-13-4-3-11/h11H,2-8H2,1H3,(H,10,12). The van der Waals surface area contributed by atoms with Gasteiger partial charge in [0.15, 0.2) is 0 Å². The molecule has 0 saturated carbocycles. The molecule has 0 radical (unpaired) electrons. The van der Waals surface area contributed by atoms with Crippen LogP contribution < -0.4 is 5.32 Å². The van der Waals surface area contributed by atoms with Crippen molar-refractivity contribution in [2.24, 2.45) is 0 Å². The predicted molar refractivity (Wildman–Crippen MR) is 53.7 cm³/mol. The van der Waals surface area contributed by atoms with Gasteiger partial charge in [-0.1, -0.05) is 0 Å². The Labute approximate surface area is 89.5 Å². The molecule has 0 heterocycles. The maximum atomic E-state index is 10.8. The fourth-order valence-corrected chi connectivity index (χ4v) is 0.775. The van der Waals surface area contributed by atoms with E-state index in [-0.39, 0.29) is 13.2 Å². The fourth-order valence-electron chi connectivity index (χ4n) is 0.775. The second-order valence-corrected chi connectivity index (χ2v) is 2.61. The van der Waals surface area contributed by atoms with Crippen LogP contribution in [0.1, 0.15) is 6.92 Å². The molecule has 0 aliphatic carbocycles. The summed E-state index contributed by atoms with van der Waals surface area (Å²) in [5.74, 6) is 0. The number of rotatable bonds is 9. The molecule has 0 rings (SSSR count). The van der Waals surface area contributed by atoms with E-state index in [1.54, 1.807) is 0 Å². The average Bonchev–Trinajstić information content (AvgIpc) is 2.22. The summed E-state index contributed by atoms with van der Waals surface area (Å²) in [6, 6.07) is 0. The summed E-state index contributed by atoms with van der Waals surface area (Å²) in [6.07, 6.45) is -0.433. The number of carbonyl (C=O) groups is 1. The Morgan fingerprint density at radius 2 is 1.73 bits per heavy atom. The molecule has 1 amide bonds. The lowest BCUT2D eigenvalue weighted by atomic mass is 10.7. The van der Waals surface area contributed by atoms with E-state index < -0.39 is 6.09 Å². The Hall–Kier alpha value is -0.850. The van der Waals surface area contributed by atoms with E-state index in [0.717, 1.165) is 0 Å². The van der Waals surface area contributed by atoms with Gasteiger partial charge in [0, 0.05) is 6.54 Å². The smallest absolute Gasteiger partial charge is 0.407 e. The van der Waals surface area contributed by atoms with Gasteiger partial charge in [-0.25, -0.2) is 4.79 Å². The van der Waals surface area contributed by atoms with Gasteiger partial charge in [-0.15, -0.1) is 0 Å². The molecule has 90 valence electrons. The molecule has 15 heavy (non-hydrogen) atoms. The lowest BCUT2D eigenvalue weighted by Crippen LogP contribution is -2.25. The number of amides is 1. The second-order valence-electron chi connectivity index (χ2n) is 2.61. The molecule has 0 aliphatic heterocycles. The molecule has 0 aromatic heterocycles. The molecule has 0 spiro atoms. The van der Waals surface area contributed by atoms with Gasteiger partial charge in [0.25, 0.3) is 0 Å². The number of ether oxygens (including phenoxy) is 3. The maximum Gasteiger partial charge on any atom is 0.407 e. The van der Waals surface area contributed by atoms with Crippen molar-refractivity contribution in [3.8, 4) is 0 Å². The second kappa shape index (κ2) is 11.2. The van der Waals surface area contributed by atoms with E-state index in [2.05, 4.69) is 5.32 Å². The number of aliphatic hydroxyl groups excluding tert-OH is 1. The lowest BCUT2D eigenvalue weighted by Gasteiger charge is -2.06. The van der Waals surface area contributed by atoms with Crippen LogP contribution in [0, 0.1) is 0 Å². The number of aliphatic hydroxyl groups is 1. The van der Waals surface area contributed by atoms with Crippen LogP contribution in [0.5, 0.6) is 0 Å². The highest BCUT2D eigenvalue weighted by Crippen LogP contribution is 1.81. The Morgan fingerprint density at radius 3 is 2.33 bits per heavy atom. The predicted octanol–water partition coefficient (Wildman–Crippen LogP) is -0.242. The summed E-state index contributed by atoms with van der Waals surface area (Å²) in [5, 5.41) is 10.9. The van der Waals surface area contributed by atoms with Crippen molar-refractivity contribution < 1.29 is 24.1 Å². The lowest BCUT2D eigenvalue weighted by molar-refractivity contribution is 0.0187. The summed E-state index contributed by atoms with van der Waals surface area (Å²) >= 11 is 0. The first-order valence-electron chi connectivity index (χ1n) is 4.98. The van der Waals surface area contributed by atoms with Crippen LogP contribution in [0.3, 0.4) is 0 Å². The Kier molecular flexibility index (Phi) is 10.6. The van der Waals surface area contributed by atoms with Gasteiger partial charge >= 0.3 is 6.09 Å². The van der Waals surface area contributed by atoms with E-state index in [0.29, 0.717) is 33.0 Å². The van der Waals surface area contributed by atoms with Crippen molar-refractivity contribution in [2.45, 2.75) is 6.92 Å². The van der Waals surface area contributed by atoms with E-state index in [4.69, 9.17) is 19.3 Å². The van der Waals surface area contributed by atoms with Gasteiger partial charge in [-0.05, 0) is 6.92 Å². The van der Waals surface area contributed by atoms with Gasteiger partial charge in [-0.2, -0.15) is 0 Å². The summed E-state index contributed by atoms with van der Waals surface area (Å²) < 4.78 is 14.8. The summed E-state index contributed by atoms with van der Waals surface area (Å²) in [4.78, 5) is 10.8. The largest absolute Gasteiger partial charge is 0.447 e. The Morgan fingerprint density at radius 1 is 1.13 bits per heavy atom. The van der Waals surface area contributed by atoms with E-state index in [9.17, 15) is 4.79 Å². The molecule has 0 aromatic carbocycles. The molecule has 0 unspecified atom stereocenters. The zero-order valence-corrected chi connectivity index (χ0v) is 9.03. The Balaban J connectivity index is 3.01. The van der Waals surface area contributed by atoms with Gasteiger partial charge in [0.05, 0.1) is 33.0 Å². The molecule has 0 atom stereocenters. The average molecular weight is 221 g/mol. The molecule has 2 N–H and O–H groups in total. The SMILES string of the molecule is CCNC(=O)OCCOCCOCCO. The molecule has 6 nitrogen and oxygen atoms in total. The molecule has 0 fully saturated rings. The summed E-state index contributed by atoms with van der Waals surface area (Å²) in [6.45, 7) is 4.13. The molecule has 6 heteroatoms. The maximum absolute atomic E-state index is 10.8. The number of nitrogens with one attached hydrogen (secondary N) is 1. The fraction of sp³-hybridized carbons (Fsp3) is 0.889. The number of hydrogen-bond donors (Lipinski definition) is 2. The Bertz CT molecular complexity index is 153. The highest BCUT2D eigenvalue weighted by molar-refractivity contribution is 5.66. The van der Waals surface area contributed by atoms with Gasteiger partial charge in [0.2, 0.25) is 0 Å². The van der Waals surface area contributed by atoms with Crippen molar-refractivity contribution in [3.63, 3.8) is 0 Å². The first kappa shape index (κ1) is 14.2. The molecule has 0 aliphatic rings. The minimum atomic E-state index is -0.433. The van der Waals surface area contributed by atoms with Crippen LogP contribution in [0.15, 0.2) is 0 Å². The normalized spacial score (nSPS) is 10.0. The van der Waals surface area contributed by atoms with Gasteiger partial charge in [0.1, 0.15) is 6.61 Å². The van der Waals surface area contributed by atoms with Crippen LogP contribution in [0.25, 0.3) is 0 Å². The number of alkyl carbamates (subject to hydrolysis) is 1. The zero-order chi connectivity index (χ0) is 11.4. The molecular weight excluding hydrogens is 202 g/mol. The van der Waals surface area contributed by atoms with Crippen LogP contribution in [0.4, 0.5) is 4.79 Å². The third-order valence-electron chi connectivity index (χ3n) is 1.39. The van der Waals surface area contributed by atoms with Crippen molar-refractivity contribution >= 4 is 6.09 Å². The van der Waals surface area contributed by atoms with Gasteiger partial charge in [-0.3, -0.25) is 0 Å². The third kappa shape index (κ3) is 11.1. The molecular formula is C9H19NO5.